The lowest BCUT2D eigenvalue weighted by atomic mass is 9.89. The number of hydrogen-bond acceptors (Lipinski definition) is 5. The van der Waals surface area contributed by atoms with Crippen LogP contribution in [0, 0.1) is 5.92 Å². The Morgan fingerprint density at radius 2 is 1.62 bits per heavy atom. The van der Waals surface area contributed by atoms with E-state index >= 15 is 0 Å². The molecule has 0 bridgehead atoms. The highest BCUT2D eigenvalue weighted by atomic mass is 16.2. The molecule has 1 unspecified atom stereocenters. The number of ketones is 1. The molecule has 1 saturated heterocycles. The van der Waals surface area contributed by atoms with E-state index in [1.165, 1.54) is 64.7 Å². The molecule has 214 valence electrons. The molecule has 1 saturated carbocycles. The first-order chi connectivity index (χ1) is 18.9. The smallest absolute Gasteiger partial charge is 0.244 e. The maximum absolute atomic E-state index is 13.4. The van der Waals surface area contributed by atoms with E-state index in [9.17, 15) is 14.4 Å². The first-order valence-electron chi connectivity index (χ1n) is 15.2. The average molecular weight is 538 g/mol. The molecule has 2 aliphatic rings. The molecule has 0 spiro atoms. The monoisotopic (exact) mass is 537 g/mol. The summed E-state index contributed by atoms with van der Waals surface area (Å²) in [6.07, 6.45) is 16.1. The van der Waals surface area contributed by atoms with Crippen LogP contribution in [0.5, 0.6) is 0 Å². The van der Waals surface area contributed by atoms with Crippen molar-refractivity contribution < 1.29 is 14.4 Å². The Kier molecular flexibility index (Phi) is 10.8. The molecule has 8 nitrogen and oxygen atoms in total. The molecule has 1 atom stereocenters. The van der Waals surface area contributed by atoms with Gasteiger partial charge in [0.05, 0.1) is 5.52 Å². The Hall–Kier alpha value is -2.90. The van der Waals surface area contributed by atoms with E-state index in [2.05, 4.69) is 15.7 Å². The number of Topliss-reactive ketones (excluding diaryl/α,β-unsaturated/α-hetero) is 1. The second kappa shape index (κ2) is 14.5. The summed E-state index contributed by atoms with van der Waals surface area (Å²) in [4.78, 5) is 40.5. The number of aromatic nitrogens is 2. The van der Waals surface area contributed by atoms with Crippen molar-refractivity contribution in [2.24, 2.45) is 5.92 Å². The van der Waals surface area contributed by atoms with Crippen molar-refractivity contribution in [2.45, 2.75) is 109 Å². The average Bonchev–Trinajstić information content (AvgIpc) is 3.30. The number of carbonyl (C=O) groups is 3. The predicted molar refractivity (Wildman–Crippen MR) is 156 cm³/mol. The zero-order valence-corrected chi connectivity index (χ0v) is 24.0. The third kappa shape index (κ3) is 8.05. The predicted octanol–water partition coefficient (Wildman–Crippen LogP) is 5.70. The van der Waals surface area contributed by atoms with Gasteiger partial charge in [0.25, 0.3) is 0 Å². The van der Waals surface area contributed by atoms with Gasteiger partial charge in [0, 0.05) is 38.1 Å². The summed E-state index contributed by atoms with van der Waals surface area (Å²) in [5.74, 6) is 0.306. The molecule has 1 aliphatic carbocycles. The van der Waals surface area contributed by atoms with E-state index in [0.717, 1.165) is 48.8 Å². The number of benzene rings is 1. The molecule has 2 fully saturated rings. The van der Waals surface area contributed by atoms with Crippen LogP contribution < -0.4 is 10.6 Å². The van der Waals surface area contributed by atoms with E-state index in [-0.39, 0.29) is 24.1 Å². The lowest BCUT2D eigenvalue weighted by molar-refractivity contribution is -0.139. The van der Waals surface area contributed by atoms with Gasteiger partial charge in [-0.1, -0.05) is 64.2 Å². The van der Waals surface area contributed by atoms with Crippen molar-refractivity contribution in [3.05, 3.63) is 23.9 Å². The van der Waals surface area contributed by atoms with Crippen LogP contribution in [0.2, 0.25) is 0 Å². The third-order valence-electron chi connectivity index (χ3n) is 8.56. The van der Waals surface area contributed by atoms with Gasteiger partial charge < -0.3 is 15.5 Å². The van der Waals surface area contributed by atoms with Crippen LogP contribution >= 0.6 is 0 Å². The quantitative estimate of drug-likeness (QED) is 0.442. The fourth-order valence-corrected chi connectivity index (χ4v) is 6.09. The van der Waals surface area contributed by atoms with E-state index in [1.54, 1.807) is 16.6 Å². The summed E-state index contributed by atoms with van der Waals surface area (Å²) in [5, 5.41) is 11.9. The second-order valence-electron chi connectivity index (χ2n) is 11.6. The molecule has 0 radical (unpaired) electrons. The Morgan fingerprint density at radius 3 is 2.33 bits per heavy atom. The maximum Gasteiger partial charge on any atom is 0.244 e. The lowest BCUT2D eigenvalue weighted by Crippen LogP contribution is -2.48. The molecular weight excluding hydrogens is 490 g/mol. The molecular formula is C31H47N5O3. The summed E-state index contributed by atoms with van der Waals surface area (Å²) in [5.41, 5.74) is 2.10. The largest absolute Gasteiger partial charge is 0.385 e. The highest BCUT2D eigenvalue weighted by Gasteiger charge is 2.27. The number of fused-ring (bicyclic) bond motifs is 1. The van der Waals surface area contributed by atoms with Crippen molar-refractivity contribution >= 4 is 34.2 Å². The maximum atomic E-state index is 13.4. The van der Waals surface area contributed by atoms with Crippen LogP contribution in [-0.4, -0.2) is 58.5 Å². The highest BCUT2D eigenvalue weighted by Crippen LogP contribution is 2.27. The van der Waals surface area contributed by atoms with Crippen LogP contribution in [0.25, 0.3) is 10.9 Å². The van der Waals surface area contributed by atoms with Gasteiger partial charge in [-0.05, 0) is 49.8 Å². The molecule has 8 heteroatoms. The van der Waals surface area contributed by atoms with Crippen molar-refractivity contribution in [3.63, 3.8) is 0 Å². The van der Waals surface area contributed by atoms with E-state index in [4.69, 9.17) is 0 Å². The topological polar surface area (TPSA) is 96.3 Å². The molecule has 1 aromatic carbocycles. The fourth-order valence-electron chi connectivity index (χ4n) is 6.09. The minimum atomic E-state index is -0.497. The van der Waals surface area contributed by atoms with Gasteiger partial charge in [-0.3, -0.25) is 19.1 Å². The highest BCUT2D eigenvalue weighted by molar-refractivity contribution is 6.06. The van der Waals surface area contributed by atoms with Gasteiger partial charge in [-0.2, -0.15) is 5.10 Å². The second-order valence-corrected chi connectivity index (χ2v) is 11.6. The third-order valence-corrected chi connectivity index (χ3v) is 8.56. The SMILES string of the molecule is CC(=O)c1nn(CC(=O)N(C)C2CCCCCCCCCCNC2=O)c2ccc(NCC3CCCCC3)cc12. The van der Waals surface area contributed by atoms with Crippen molar-refractivity contribution in [2.75, 3.05) is 25.5 Å². The molecule has 2 aromatic rings. The number of hydrogen-bond donors (Lipinski definition) is 2. The first kappa shape index (κ1) is 29.1. The van der Waals surface area contributed by atoms with Gasteiger partial charge in [0.15, 0.2) is 5.78 Å². The zero-order chi connectivity index (χ0) is 27.6. The summed E-state index contributed by atoms with van der Waals surface area (Å²) >= 11 is 0. The van der Waals surface area contributed by atoms with Crippen LogP contribution in [0.3, 0.4) is 0 Å². The Morgan fingerprint density at radius 1 is 0.974 bits per heavy atom. The van der Waals surface area contributed by atoms with Gasteiger partial charge in [0.2, 0.25) is 11.8 Å². The summed E-state index contributed by atoms with van der Waals surface area (Å²) < 4.78 is 1.62. The molecule has 2 N–H and O–H groups in total. The number of amides is 2. The molecule has 2 amide bonds. The van der Waals surface area contributed by atoms with E-state index in [0.29, 0.717) is 24.6 Å². The number of nitrogens with one attached hydrogen (secondary N) is 2. The van der Waals surface area contributed by atoms with Gasteiger partial charge >= 0.3 is 0 Å². The van der Waals surface area contributed by atoms with Crippen molar-refractivity contribution in [3.8, 4) is 0 Å². The van der Waals surface area contributed by atoms with Gasteiger partial charge in [0.1, 0.15) is 18.3 Å². The number of likely N-dealkylation sites (N-methyl/N-ethyl adjacent to an activating group) is 1. The Bertz CT molecular complexity index is 1120. The normalized spacial score (nSPS) is 20.4. The minimum Gasteiger partial charge on any atom is -0.385 e. The standard InChI is InChI=1S/C31H47N5O3/c1-23(37)30-26-20-25(33-21-24-14-10-9-11-15-24)17-18-27(26)36(34-30)22-29(38)35(2)28-16-12-7-5-3-4-6-8-13-19-32-31(28)39/h17-18,20,24,28,33H,3-16,19,21-22H2,1-2H3,(H,32,39). The minimum absolute atomic E-state index is 0.0150. The number of nitrogens with zero attached hydrogens (tertiary/aromatic N) is 3. The molecule has 39 heavy (non-hydrogen) atoms. The Labute approximate surface area is 233 Å². The van der Waals surface area contributed by atoms with Crippen LogP contribution in [0.1, 0.15) is 107 Å². The summed E-state index contributed by atoms with van der Waals surface area (Å²) in [6.45, 7) is 3.08. The number of anilines is 1. The van der Waals surface area contributed by atoms with Crippen LogP contribution in [0.4, 0.5) is 5.69 Å². The summed E-state index contributed by atoms with van der Waals surface area (Å²) in [6, 6.07) is 5.43. The fraction of sp³-hybridized carbons (Fsp3) is 0.677. The zero-order valence-electron chi connectivity index (χ0n) is 24.0. The number of rotatable bonds is 7. The molecule has 2 heterocycles. The van der Waals surface area contributed by atoms with Gasteiger partial charge in [-0.15, -0.1) is 0 Å². The van der Waals surface area contributed by atoms with E-state index < -0.39 is 6.04 Å². The number of carbonyl (C=O) groups excluding carboxylic acids is 3. The van der Waals surface area contributed by atoms with Gasteiger partial charge in [-0.25, -0.2) is 0 Å². The Balaban J connectivity index is 1.46. The molecule has 1 aliphatic heterocycles. The van der Waals surface area contributed by atoms with Crippen molar-refractivity contribution in [1.82, 2.24) is 20.0 Å². The van der Waals surface area contributed by atoms with Crippen molar-refractivity contribution in [1.29, 1.82) is 0 Å². The van der Waals surface area contributed by atoms with Crippen LogP contribution in [0.15, 0.2) is 18.2 Å². The first-order valence-corrected chi connectivity index (χ1v) is 15.2. The summed E-state index contributed by atoms with van der Waals surface area (Å²) in [7, 11) is 1.72. The molecule has 4 rings (SSSR count). The van der Waals surface area contributed by atoms with Crippen LogP contribution in [-0.2, 0) is 16.1 Å². The molecule has 1 aromatic heterocycles. The van der Waals surface area contributed by atoms with E-state index in [1.807, 2.05) is 18.2 Å². The lowest BCUT2D eigenvalue weighted by Gasteiger charge is -2.27.